The first kappa shape index (κ1) is 11.8. The number of tetrazole rings is 1. The molecule has 0 aliphatic carbocycles. The highest BCUT2D eigenvalue weighted by atomic mass is 16.5. The van der Waals surface area contributed by atoms with Crippen molar-refractivity contribution in [2.75, 3.05) is 11.9 Å². The summed E-state index contributed by atoms with van der Waals surface area (Å²) in [4.78, 5) is 12.7. The van der Waals surface area contributed by atoms with Crippen LogP contribution in [-0.4, -0.2) is 32.7 Å². The topological polar surface area (TPSA) is 81.9 Å². The number of rotatable bonds is 5. The molecule has 0 unspecified atom stereocenters. The van der Waals surface area contributed by atoms with E-state index in [0.29, 0.717) is 5.75 Å². The third-order valence-corrected chi connectivity index (χ3v) is 1.96. The normalized spacial score (nSPS) is 9.78. The number of para-hydroxylation sites is 1. The van der Waals surface area contributed by atoms with E-state index in [1.807, 2.05) is 18.2 Å². The van der Waals surface area contributed by atoms with Gasteiger partial charge in [-0.2, -0.15) is 0 Å². The summed E-state index contributed by atoms with van der Waals surface area (Å²) in [7, 11) is 0. The molecule has 0 aliphatic heterocycles. The monoisotopic (exact) mass is 245 g/mol. The molecule has 7 nitrogen and oxygen atoms in total. The molecule has 1 aromatic heterocycles. The molecule has 0 spiro atoms. The van der Waals surface area contributed by atoms with Gasteiger partial charge >= 0.3 is 0 Å². The third-order valence-electron chi connectivity index (χ3n) is 1.96. The van der Waals surface area contributed by atoms with Gasteiger partial charge in [-0.1, -0.05) is 29.9 Å². The Morgan fingerprint density at radius 3 is 2.89 bits per heavy atom. The molecule has 2 aromatic rings. The van der Waals surface area contributed by atoms with Crippen molar-refractivity contribution < 1.29 is 9.53 Å². The predicted molar refractivity (Wildman–Crippen MR) is 64.8 cm³/mol. The number of hydrogen-bond donors (Lipinski definition) is 1. The molecule has 1 heterocycles. The number of carbonyl (C=O) groups is 1. The van der Waals surface area contributed by atoms with Gasteiger partial charge in [-0.05, 0) is 17.3 Å². The first-order chi connectivity index (χ1) is 8.78. The van der Waals surface area contributed by atoms with Gasteiger partial charge in [0.15, 0.2) is 6.61 Å². The fourth-order valence-corrected chi connectivity index (χ4v) is 1.18. The first-order valence-electron chi connectivity index (χ1n) is 5.17. The smallest absolute Gasteiger partial charge is 0.270 e. The Bertz CT molecular complexity index is 537. The van der Waals surface area contributed by atoms with Gasteiger partial charge < -0.3 is 4.74 Å². The Morgan fingerprint density at radius 1 is 1.44 bits per heavy atom. The Labute approximate surface area is 103 Å². The Kier molecular flexibility index (Phi) is 3.65. The first-order valence-corrected chi connectivity index (χ1v) is 5.17. The van der Waals surface area contributed by atoms with Crippen LogP contribution < -0.4 is 10.1 Å². The SMILES string of the molecule is C=Cn1nnc(NC(=O)COc2ccccc2)n1. The van der Waals surface area contributed by atoms with E-state index < -0.39 is 0 Å². The van der Waals surface area contributed by atoms with Gasteiger partial charge in [0.2, 0.25) is 0 Å². The summed E-state index contributed by atoms with van der Waals surface area (Å²) in [6.45, 7) is 3.34. The van der Waals surface area contributed by atoms with Crippen molar-refractivity contribution in [3.63, 3.8) is 0 Å². The van der Waals surface area contributed by atoms with Crippen molar-refractivity contribution >= 4 is 18.1 Å². The third kappa shape index (κ3) is 3.14. The summed E-state index contributed by atoms with van der Waals surface area (Å²) in [5, 5.41) is 13.5. The molecule has 1 amide bonds. The van der Waals surface area contributed by atoms with E-state index in [0.717, 1.165) is 4.80 Å². The molecule has 0 fully saturated rings. The zero-order valence-corrected chi connectivity index (χ0v) is 9.48. The van der Waals surface area contributed by atoms with Crippen LogP contribution in [0.4, 0.5) is 5.95 Å². The molecule has 1 N–H and O–H groups in total. The number of nitrogens with zero attached hydrogens (tertiary/aromatic N) is 4. The van der Waals surface area contributed by atoms with Crippen LogP contribution >= 0.6 is 0 Å². The highest BCUT2D eigenvalue weighted by Crippen LogP contribution is 2.07. The Hall–Kier alpha value is -2.70. The Balaban J connectivity index is 1.84. The summed E-state index contributed by atoms with van der Waals surface area (Å²) in [6.07, 6.45) is 1.36. The minimum Gasteiger partial charge on any atom is -0.484 e. The second kappa shape index (κ2) is 5.58. The molecular weight excluding hydrogens is 234 g/mol. The number of nitrogens with one attached hydrogen (secondary N) is 1. The average molecular weight is 245 g/mol. The van der Waals surface area contributed by atoms with Crippen LogP contribution in [-0.2, 0) is 4.79 Å². The fourth-order valence-electron chi connectivity index (χ4n) is 1.18. The average Bonchev–Trinajstić information content (AvgIpc) is 2.85. The van der Waals surface area contributed by atoms with E-state index in [2.05, 4.69) is 27.3 Å². The molecule has 0 saturated carbocycles. The molecule has 0 bridgehead atoms. The second-order valence-electron chi connectivity index (χ2n) is 3.27. The van der Waals surface area contributed by atoms with Crippen molar-refractivity contribution in [1.29, 1.82) is 0 Å². The van der Waals surface area contributed by atoms with E-state index in [1.165, 1.54) is 6.20 Å². The van der Waals surface area contributed by atoms with Crippen LogP contribution in [0.3, 0.4) is 0 Å². The van der Waals surface area contributed by atoms with Crippen molar-refractivity contribution in [2.24, 2.45) is 0 Å². The Morgan fingerprint density at radius 2 is 2.22 bits per heavy atom. The van der Waals surface area contributed by atoms with E-state index in [9.17, 15) is 4.79 Å². The van der Waals surface area contributed by atoms with E-state index in [-0.39, 0.29) is 18.5 Å². The van der Waals surface area contributed by atoms with E-state index >= 15 is 0 Å². The van der Waals surface area contributed by atoms with Gasteiger partial charge in [0.1, 0.15) is 5.75 Å². The van der Waals surface area contributed by atoms with Crippen molar-refractivity contribution in [3.8, 4) is 5.75 Å². The maximum Gasteiger partial charge on any atom is 0.270 e. The molecule has 0 atom stereocenters. The number of ether oxygens (including phenoxy) is 1. The molecule has 7 heteroatoms. The lowest BCUT2D eigenvalue weighted by molar-refractivity contribution is -0.118. The van der Waals surface area contributed by atoms with Gasteiger partial charge in [-0.15, -0.1) is 9.90 Å². The highest BCUT2D eigenvalue weighted by molar-refractivity contribution is 5.90. The van der Waals surface area contributed by atoms with Crippen LogP contribution in [0.1, 0.15) is 0 Å². The van der Waals surface area contributed by atoms with E-state index in [4.69, 9.17) is 4.74 Å². The van der Waals surface area contributed by atoms with Crippen LogP contribution in [0.5, 0.6) is 5.75 Å². The number of anilines is 1. The molecule has 0 aliphatic rings. The lowest BCUT2D eigenvalue weighted by Gasteiger charge is -2.04. The molecule has 0 radical (unpaired) electrons. The summed E-state index contributed by atoms with van der Waals surface area (Å²) in [6, 6.07) is 9.04. The summed E-state index contributed by atoms with van der Waals surface area (Å²) in [5.74, 6) is 0.370. The van der Waals surface area contributed by atoms with Gasteiger partial charge in [-0.25, -0.2) is 0 Å². The van der Waals surface area contributed by atoms with Crippen molar-refractivity contribution in [3.05, 3.63) is 36.9 Å². The van der Waals surface area contributed by atoms with Crippen molar-refractivity contribution in [1.82, 2.24) is 20.2 Å². The molecule has 18 heavy (non-hydrogen) atoms. The number of aromatic nitrogens is 4. The van der Waals surface area contributed by atoms with Crippen LogP contribution in [0, 0.1) is 0 Å². The minimum atomic E-state index is -0.359. The van der Waals surface area contributed by atoms with Crippen LogP contribution in [0.25, 0.3) is 6.20 Å². The predicted octanol–water partition coefficient (Wildman–Crippen LogP) is 0.791. The maximum absolute atomic E-state index is 11.5. The lowest BCUT2D eigenvalue weighted by atomic mass is 10.3. The van der Waals surface area contributed by atoms with Gasteiger partial charge in [-0.3, -0.25) is 10.1 Å². The largest absolute Gasteiger partial charge is 0.484 e. The van der Waals surface area contributed by atoms with Gasteiger partial charge in [0.05, 0.1) is 0 Å². The molecule has 0 saturated heterocycles. The van der Waals surface area contributed by atoms with Crippen LogP contribution in [0.15, 0.2) is 36.9 Å². The summed E-state index contributed by atoms with van der Waals surface area (Å²) >= 11 is 0. The molecule has 92 valence electrons. The number of hydrogen-bond acceptors (Lipinski definition) is 5. The molecule has 2 rings (SSSR count). The maximum atomic E-state index is 11.5. The van der Waals surface area contributed by atoms with Gasteiger partial charge in [0.25, 0.3) is 11.9 Å². The fraction of sp³-hybridized carbons (Fsp3) is 0.0909. The highest BCUT2D eigenvalue weighted by Gasteiger charge is 2.07. The zero-order valence-electron chi connectivity index (χ0n) is 9.48. The summed E-state index contributed by atoms with van der Waals surface area (Å²) in [5.41, 5.74) is 0. The quantitative estimate of drug-likeness (QED) is 0.842. The number of amides is 1. The second-order valence-corrected chi connectivity index (χ2v) is 3.27. The van der Waals surface area contributed by atoms with E-state index in [1.54, 1.807) is 12.1 Å². The zero-order chi connectivity index (χ0) is 12.8. The standard InChI is InChI=1S/C11H11N5O2/c1-2-16-14-11(13-15-16)12-10(17)8-18-9-6-4-3-5-7-9/h2-7H,1,8H2,(H,12,14,17). The number of benzene rings is 1. The van der Waals surface area contributed by atoms with Crippen LogP contribution in [0.2, 0.25) is 0 Å². The molecule has 1 aromatic carbocycles. The lowest BCUT2D eigenvalue weighted by Crippen LogP contribution is -2.20. The minimum absolute atomic E-state index is 0.108. The molecular formula is C11H11N5O2. The number of carbonyl (C=O) groups excluding carboxylic acids is 1. The van der Waals surface area contributed by atoms with Gasteiger partial charge in [0, 0.05) is 6.20 Å². The van der Waals surface area contributed by atoms with Crippen molar-refractivity contribution in [2.45, 2.75) is 0 Å². The summed E-state index contributed by atoms with van der Waals surface area (Å²) < 4.78 is 5.26.